The number of ether oxygens (including phenoxy) is 2. The van der Waals surface area contributed by atoms with Crippen molar-refractivity contribution in [3.8, 4) is 17.6 Å². The molecule has 3 aromatic rings. The summed E-state index contributed by atoms with van der Waals surface area (Å²) in [5, 5.41) is 12.9. The summed E-state index contributed by atoms with van der Waals surface area (Å²) < 4.78 is 15.9. The lowest BCUT2D eigenvalue weighted by molar-refractivity contribution is -0.129. The third-order valence-electron chi connectivity index (χ3n) is 5.88. The van der Waals surface area contributed by atoms with Crippen molar-refractivity contribution in [3.05, 3.63) is 75.7 Å². The molecule has 0 saturated heterocycles. The molecule has 1 N–H and O–H groups in total. The highest BCUT2D eigenvalue weighted by Gasteiger charge is 2.20. The first-order chi connectivity index (χ1) is 17.0. The zero-order chi connectivity index (χ0) is 24.8. The van der Waals surface area contributed by atoms with Crippen molar-refractivity contribution in [2.24, 2.45) is 0 Å². The van der Waals surface area contributed by atoms with E-state index in [-0.39, 0.29) is 28.5 Å². The summed E-state index contributed by atoms with van der Waals surface area (Å²) >= 11 is 0. The van der Waals surface area contributed by atoms with Gasteiger partial charge in [-0.15, -0.1) is 0 Å². The number of hydrogen-bond acceptors (Lipinski definition) is 7. The van der Waals surface area contributed by atoms with Gasteiger partial charge in [-0.3, -0.25) is 4.79 Å². The Morgan fingerprint density at radius 2 is 1.89 bits per heavy atom. The topological polar surface area (TPSA) is 119 Å². The summed E-state index contributed by atoms with van der Waals surface area (Å²) in [6.07, 6.45) is 6.44. The standard InChI is InChI=1S/C27H24N2O6/c1-33-23-10-6-5-7-17(23)13-19(16-28)26(31)34-21-12-11-18-14-22(27(32)35-24(18)15-21)25(30)29-20-8-3-2-4-9-20/h5-7,10-15,20H,2-4,8-9H2,1H3,(H,29,30)/b19-13+. The van der Waals surface area contributed by atoms with Crippen LogP contribution in [0.5, 0.6) is 11.5 Å². The van der Waals surface area contributed by atoms with Crippen LogP contribution in [0, 0.1) is 11.3 Å². The first kappa shape index (κ1) is 23.8. The van der Waals surface area contributed by atoms with Gasteiger partial charge in [0.2, 0.25) is 0 Å². The van der Waals surface area contributed by atoms with E-state index in [0.29, 0.717) is 16.7 Å². The highest BCUT2D eigenvalue weighted by Crippen LogP contribution is 2.24. The minimum absolute atomic E-state index is 0.0615. The van der Waals surface area contributed by atoms with Gasteiger partial charge in [-0.05, 0) is 43.2 Å². The van der Waals surface area contributed by atoms with E-state index in [2.05, 4.69) is 5.32 Å². The van der Waals surface area contributed by atoms with Crippen LogP contribution in [-0.2, 0) is 4.79 Å². The van der Waals surface area contributed by atoms with Gasteiger partial charge < -0.3 is 19.2 Å². The number of para-hydroxylation sites is 1. The molecule has 178 valence electrons. The number of carbonyl (C=O) groups is 2. The van der Waals surface area contributed by atoms with E-state index in [9.17, 15) is 19.6 Å². The van der Waals surface area contributed by atoms with E-state index in [0.717, 1.165) is 32.1 Å². The molecule has 0 bridgehead atoms. The maximum absolute atomic E-state index is 12.6. The van der Waals surface area contributed by atoms with Crippen LogP contribution in [0.15, 0.2) is 63.3 Å². The molecule has 1 aliphatic carbocycles. The van der Waals surface area contributed by atoms with Crippen LogP contribution in [-0.4, -0.2) is 25.0 Å². The second kappa shape index (κ2) is 10.7. The molecule has 1 heterocycles. The lowest BCUT2D eigenvalue weighted by atomic mass is 9.95. The Morgan fingerprint density at radius 3 is 2.63 bits per heavy atom. The van der Waals surface area contributed by atoms with Gasteiger partial charge in [-0.25, -0.2) is 9.59 Å². The number of methoxy groups -OCH3 is 1. The minimum Gasteiger partial charge on any atom is -0.496 e. The first-order valence-corrected chi connectivity index (χ1v) is 11.3. The van der Waals surface area contributed by atoms with Crippen LogP contribution < -0.4 is 20.4 Å². The van der Waals surface area contributed by atoms with Gasteiger partial charge in [0.05, 0.1) is 7.11 Å². The molecule has 0 spiro atoms. The normalized spacial score (nSPS) is 14.2. The quantitative estimate of drug-likeness (QED) is 0.186. The van der Waals surface area contributed by atoms with Gasteiger partial charge in [0.25, 0.3) is 5.91 Å². The molecule has 8 nitrogen and oxygen atoms in total. The van der Waals surface area contributed by atoms with Gasteiger partial charge in [-0.2, -0.15) is 5.26 Å². The summed E-state index contributed by atoms with van der Waals surface area (Å²) in [5.41, 5.74) is -0.373. The third-order valence-corrected chi connectivity index (χ3v) is 5.88. The summed E-state index contributed by atoms with van der Waals surface area (Å²) in [6, 6.07) is 14.8. The average molecular weight is 472 g/mol. The van der Waals surface area contributed by atoms with E-state index < -0.39 is 17.5 Å². The molecule has 35 heavy (non-hydrogen) atoms. The smallest absolute Gasteiger partial charge is 0.354 e. The Kier molecular flexibility index (Phi) is 7.27. The lowest BCUT2D eigenvalue weighted by Crippen LogP contribution is -2.38. The fourth-order valence-electron chi connectivity index (χ4n) is 4.06. The molecule has 0 atom stereocenters. The van der Waals surface area contributed by atoms with Crippen LogP contribution in [0.4, 0.5) is 0 Å². The van der Waals surface area contributed by atoms with Crippen molar-refractivity contribution in [3.63, 3.8) is 0 Å². The van der Waals surface area contributed by atoms with Crippen molar-refractivity contribution in [1.29, 1.82) is 5.26 Å². The predicted molar refractivity (Wildman–Crippen MR) is 129 cm³/mol. The number of nitrogens with one attached hydrogen (secondary N) is 1. The number of amides is 1. The van der Waals surface area contributed by atoms with Crippen molar-refractivity contribution in [1.82, 2.24) is 5.32 Å². The zero-order valence-electron chi connectivity index (χ0n) is 19.2. The largest absolute Gasteiger partial charge is 0.496 e. The van der Waals surface area contributed by atoms with Crippen LogP contribution in [0.1, 0.15) is 48.0 Å². The zero-order valence-corrected chi connectivity index (χ0v) is 19.2. The van der Waals surface area contributed by atoms with Gasteiger partial charge in [0.15, 0.2) is 0 Å². The number of fused-ring (bicyclic) bond motifs is 1. The summed E-state index contributed by atoms with van der Waals surface area (Å²) in [6.45, 7) is 0. The van der Waals surface area contributed by atoms with E-state index in [1.165, 1.54) is 31.4 Å². The van der Waals surface area contributed by atoms with Crippen LogP contribution >= 0.6 is 0 Å². The number of nitrogens with zero attached hydrogens (tertiary/aromatic N) is 1. The number of benzene rings is 2. The fraction of sp³-hybridized carbons (Fsp3) is 0.259. The Labute approximate surface area is 201 Å². The van der Waals surface area contributed by atoms with Gasteiger partial charge in [0, 0.05) is 23.1 Å². The predicted octanol–water partition coefficient (Wildman–Crippen LogP) is 4.38. The number of carbonyl (C=O) groups excluding carboxylic acids is 2. The van der Waals surface area contributed by atoms with Crippen molar-refractivity contribution in [2.45, 2.75) is 38.1 Å². The van der Waals surface area contributed by atoms with Crippen molar-refractivity contribution in [2.75, 3.05) is 7.11 Å². The summed E-state index contributed by atoms with van der Waals surface area (Å²) in [5.74, 6) is -0.734. The molecule has 1 fully saturated rings. The van der Waals surface area contributed by atoms with Gasteiger partial charge in [-0.1, -0.05) is 37.5 Å². The molecule has 2 aromatic carbocycles. The maximum Gasteiger partial charge on any atom is 0.354 e. The van der Waals surface area contributed by atoms with Crippen molar-refractivity contribution >= 4 is 28.9 Å². The highest BCUT2D eigenvalue weighted by molar-refractivity contribution is 6.00. The van der Waals surface area contributed by atoms with E-state index in [1.807, 2.05) is 6.07 Å². The van der Waals surface area contributed by atoms with E-state index in [1.54, 1.807) is 30.3 Å². The Bertz CT molecular complexity index is 1390. The lowest BCUT2D eigenvalue weighted by Gasteiger charge is -2.22. The Balaban J connectivity index is 1.53. The number of esters is 1. The van der Waals surface area contributed by atoms with E-state index >= 15 is 0 Å². The van der Waals surface area contributed by atoms with Crippen LogP contribution in [0.25, 0.3) is 17.0 Å². The monoisotopic (exact) mass is 472 g/mol. The summed E-state index contributed by atoms with van der Waals surface area (Å²) in [7, 11) is 1.49. The molecule has 0 unspecified atom stereocenters. The Hall–Kier alpha value is -4.38. The van der Waals surface area contributed by atoms with Crippen molar-refractivity contribution < 1.29 is 23.5 Å². The molecule has 4 rings (SSSR count). The summed E-state index contributed by atoms with van der Waals surface area (Å²) in [4.78, 5) is 37.7. The second-order valence-corrected chi connectivity index (χ2v) is 8.26. The fourth-order valence-corrected chi connectivity index (χ4v) is 4.06. The number of hydrogen-bond donors (Lipinski definition) is 1. The van der Waals surface area contributed by atoms with Gasteiger partial charge >= 0.3 is 11.6 Å². The van der Waals surface area contributed by atoms with Gasteiger partial charge in [0.1, 0.15) is 34.3 Å². The number of rotatable bonds is 6. The van der Waals surface area contributed by atoms with E-state index in [4.69, 9.17) is 13.9 Å². The van der Waals surface area contributed by atoms with Crippen LogP contribution in [0.3, 0.4) is 0 Å². The van der Waals surface area contributed by atoms with Crippen LogP contribution in [0.2, 0.25) is 0 Å². The Morgan fingerprint density at radius 1 is 1.11 bits per heavy atom. The maximum atomic E-state index is 12.6. The first-order valence-electron chi connectivity index (χ1n) is 11.3. The molecular formula is C27H24N2O6. The second-order valence-electron chi connectivity index (χ2n) is 8.26. The molecule has 0 radical (unpaired) electrons. The molecular weight excluding hydrogens is 448 g/mol. The SMILES string of the molecule is COc1ccccc1/C=C(\C#N)C(=O)Oc1ccc2cc(C(=O)NC3CCCCC3)c(=O)oc2c1. The molecule has 0 aliphatic heterocycles. The average Bonchev–Trinajstić information content (AvgIpc) is 2.87. The molecule has 1 saturated carbocycles. The molecule has 8 heteroatoms. The molecule has 1 aliphatic rings. The molecule has 1 amide bonds. The molecule has 1 aromatic heterocycles. The number of nitriles is 1. The third kappa shape index (κ3) is 5.58. The minimum atomic E-state index is -0.872. The highest BCUT2D eigenvalue weighted by atomic mass is 16.5.